The molecule has 2 heterocycles. The van der Waals surface area contributed by atoms with Crippen molar-refractivity contribution in [2.45, 2.75) is 11.8 Å². The van der Waals surface area contributed by atoms with Crippen molar-refractivity contribution in [1.29, 1.82) is 0 Å². The second-order valence-corrected chi connectivity index (χ2v) is 6.86. The molecular formula is C17H22N4OS. The van der Waals surface area contributed by atoms with Crippen molar-refractivity contribution in [3.05, 3.63) is 42.2 Å². The quantitative estimate of drug-likeness (QED) is 0.806. The SMILES string of the molecule is Cc1ccc(SCC(=O)N2CCN(c3nccn3C)CC2)cc1. The van der Waals surface area contributed by atoms with Crippen molar-refractivity contribution in [2.75, 3.05) is 36.8 Å². The molecule has 1 aromatic carbocycles. The van der Waals surface area contributed by atoms with Crippen LogP contribution >= 0.6 is 11.8 Å². The maximum absolute atomic E-state index is 12.4. The third kappa shape index (κ3) is 3.88. The lowest BCUT2D eigenvalue weighted by Crippen LogP contribution is -2.50. The van der Waals surface area contributed by atoms with E-state index in [0.29, 0.717) is 5.75 Å². The summed E-state index contributed by atoms with van der Waals surface area (Å²) < 4.78 is 2.02. The van der Waals surface area contributed by atoms with Gasteiger partial charge in [0.15, 0.2) is 0 Å². The molecule has 0 atom stereocenters. The van der Waals surface area contributed by atoms with Crippen LogP contribution in [0.3, 0.4) is 0 Å². The number of aromatic nitrogens is 2. The minimum atomic E-state index is 0.218. The highest BCUT2D eigenvalue weighted by Crippen LogP contribution is 2.19. The first-order chi connectivity index (χ1) is 11.1. The number of hydrogen-bond donors (Lipinski definition) is 0. The number of benzene rings is 1. The Kier molecular flexibility index (Phi) is 4.91. The van der Waals surface area contributed by atoms with Crippen LogP contribution < -0.4 is 4.90 Å². The summed E-state index contributed by atoms with van der Waals surface area (Å²) >= 11 is 1.61. The molecule has 0 unspecified atom stereocenters. The molecule has 0 radical (unpaired) electrons. The van der Waals surface area contributed by atoms with Crippen LogP contribution in [-0.2, 0) is 11.8 Å². The van der Waals surface area contributed by atoms with Crippen LogP contribution in [-0.4, -0.2) is 52.3 Å². The zero-order valence-electron chi connectivity index (χ0n) is 13.6. The Morgan fingerprint density at radius 1 is 1.17 bits per heavy atom. The van der Waals surface area contributed by atoms with Gasteiger partial charge in [-0.25, -0.2) is 4.98 Å². The van der Waals surface area contributed by atoms with E-state index in [4.69, 9.17) is 0 Å². The lowest BCUT2D eigenvalue weighted by molar-refractivity contribution is -0.128. The van der Waals surface area contributed by atoms with E-state index in [0.717, 1.165) is 37.0 Å². The van der Waals surface area contributed by atoms with Gasteiger partial charge in [-0.15, -0.1) is 11.8 Å². The van der Waals surface area contributed by atoms with Crippen LogP contribution in [0.2, 0.25) is 0 Å². The fraction of sp³-hybridized carbons (Fsp3) is 0.412. The first-order valence-electron chi connectivity index (χ1n) is 7.83. The van der Waals surface area contributed by atoms with E-state index in [1.807, 2.05) is 28.9 Å². The van der Waals surface area contributed by atoms with Gasteiger partial charge in [0.25, 0.3) is 0 Å². The van der Waals surface area contributed by atoms with E-state index in [2.05, 4.69) is 41.1 Å². The van der Waals surface area contributed by atoms with E-state index < -0.39 is 0 Å². The summed E-state index contributed by atoms with van der Waals surface area (Å²) in [5, 5.41) is 0. The topological polar surface area (TPSA) is 41.4 Å². The number of aryl methyl sites for hydroxylation is 2. The van der Waals surface area contributed by atoms with Gasteiger partial charge >= 0.3 is 0 Å². The van der Waals surface area contributed by atoms with Gasteiger partial charge in [-0.1, -0.05) is 17.7 Å². The molecule has 1 aromatic heterocycles. The number of nitrogens with zero attached hydrogens (tertiary/aromatic N) is 4. The molecule has 2 aromatic rings. The number of carbonyl (C=O) groups is 1. The largest absolute Gasteiger partial charge is 0.339 e. The van der Waals surface area contributed by atoms with Gasteiger partial charge in [-0.2, -0.15) is 0 Å². The van der Waals surface area contributed by atoms with Crippen molar-refractivity contribution in [1.82, 2.24) is 14.5 Å². The Morgan fingerprint density at radius 2 is 1.87 bits per heavy atom. The monoisotopic (exact) mass is 330 g/mol. The minimum Gasteiger partial charge on any atom is -0.339 e. The van der Waals surface area contributed by atoms with Crippen molar-refractivity contribution in [3.63, 3.8) is 0 Å². The summed E-state index contributed by atoms with van der Waals surface area (Å²) in [6.45, 7) is 5.28. The number of hydrogen-bond acceptors (Lipinski definition) is 4. The summed E-state index contributed by atoms with van der Waals surface area (Å²) in [5.74, 6) is 1.70. The number of piperazine rings is 1. The molecule has 23 heavy (non-hydrogen) atoms. The number of imidazole rings is 1. The highest BCUT2D eigenvalue weighted by molar-refractivity contribution is 8.00. The third-order valence-corrected chi connectivity index (χ3v) is 5.09. The van der Waals surface area contributed by atoms with Crippen molar-refractivity contribution in [3.8, 4) is 0 Å². The standard InChI is InChI=1S/C17H22N4OS/c1-14-3-5-15(6-4-14)23-13-16(22)20-9-11-21(12-10-20)17-18-7-8-19(17)2/h3-8H,9-13H2,1-2H3. The Morgan fingerprint density at radius 3 is 2.48 bits per heavy atom. The zero-order valence-corrected chi connectivity index (χ0v) is 14.4. The molecule has 0 spiro atoms. The van der Waals surface area contributed by atoms with Crippen LogP contribution in [0.15, 0.2) is 41.6 Å². The molecule has 0 N–H and O–H groups in total. The van der Waals surface area contributed by atoms with E-state index in [-0.39, 0.29) is 5.91 Å². The molecule has 0 aliphatic carbocycles. The van der Waals surface area contributed by atoms with Crippen LogP contribution in [0, 0.1) is 6.92 Å². The summed E-state index contributed by atoms with van der Waals surface area (Å²) in [7, 11) is 2.00. The van der Waals surface area contributed by atoms with Gasteiger partial charge in [-0.3, -0.25) is 4.79 Å². The predicted octanol–water partition coefficient (Wildman–Crippen LogP) is 2.17. The summed E-state index contributed by atoms with van der Waals surface area (Å²) in [6.07, 6.45) is 3.76. The second kappa shape index (κ2) is 7.08. The first-order valence-corrected chi connectivity index (χ1v) is 8.81. The molecule has 1 aliphatic rings. The molecule has 6 heteroatoms. The lowest BCUT2D eigenvalue weighted by Gasteiger charge is -2.35. The van der Waals surface area contributed by atoms with Gasteiger partial charge in [0.2, 0.25) is 11.9 Å². The van der Waals surface area contributed by atoms with Gasteiger partial charge < -0.3 is 14.4 Å². The number of thioether (sulfide) groups is 1. The molecule has 3 rings (SSSR count). The molecule has 0 saturated carbocycles. The van der Waals surface area contributed by atoms with E-state index in [1.54, 1.807) is 11.8 Å². The fourth-order valence-corrected chi connectivity index (χ4v) is 3.49. The Hall–Kier alpha value is -1.95. The molecule has 5 nitrogen and oxygen atoms in total. The summed E-state index contributed by atoms with van der Waals surface area (Å²) in [5.41, 5.74) is 1.24. The number of amides is 1. The highest BCUT2D eigenvalue weighted by Gasteiger charge is 2.22. The highest BCUT2D eigenvalue weighted by atomic mass is 32.2. The average Bonchev–Trinajstić information content (AvgIpc) is 3.00. The molecule has 1 amide bonds. The van der Waals surface area contributed by atoms with E-state index in [1.165, 1.54) is 5.56 Å². The van der Waals surface area contributed by atoms with Gasteiger partial charge in [0.05, 0.1) is 5.75 Å². The van der Waals surface area contributed by atoms with E-state index >= 15 is 0 Å². The third-order valence-electron chi connectivity index (χ3n) is 4.09. The van der Waals surface area contributed by atoms with Crippen LogP contribution in [0.5, 0.6) is 0 Å². The number of rotatable bonds is 4. The molecule has 1 fully saturated rings. The molecule has 1 aliphatic heterocycles. The minimum absolute atomic E-state index is 0.218. The molecule has 0 bridgehead atoms. The second-order valence-electron chi connectivity index (χ2n) is 5.81. The zero-order chi connectivity index (χ0) is 16.2. The smallest absolute Gasteiger partial charge is 0.233 e. The lowest BCUT2D eigenvalue weighted by atomic mass is 10.2. The maximum Gasteiger partial charge on any atom is 0.233 e. The van der Waals surface area contributed by atoms with Gasteiger partial charge in [0, 0.05) is 50.5 Å². The van der Waals surface area contributed by atoms with Gasteiger partial charge in [-0.05, 0) is 19.1 Å². The Bertz CT molecular complexity index is 659. The Labute approximate surface area is 141 Å². The maximum atomic E-state index is 12.4. The fourth-order valence-electron chi connectivity index (χ4n) is 2.69. The van der Waals surface area contributed by atoms with Gasteiger partial charge in [0.1, 0.15) is 0 Å². The first kappa shape index (κ1) is 15.9. The average molecular weight is 330 g/mol. The summed E-state index contributed by atoms with van der Waals surface area (Å²) in [6, 6.07) is 8.31. The number of carbonyl (C=O) groups excluding carboxylic acids is 1. The van der Waals surface area contributed by atoms with E-state index in [9.17, 15) is 4.79 Å². The normalized spacial score (nSPS) is 15.0. The molecule has 1 saturated heterocycles. The summed E-state index contributed by atoms with van der Waals surface area (Å²) in [4.78, 5) is 22.1. The van der Waals surface area contributed by atoms with Crippen molar-refractivity contribution >= 4 is 23.6 Å². The Balaban J connectivity index is 1.48. The number of anilines is 1. The van der Waals surface area contributed by atoms with Crippen LogP contribution in [0.1, 0.15) is 5.56 Å². The van der Waals surface area contributed by atoms with Crippen LogP contribution in [0.4, 0.5) is 5.95 Å². The van der Waals surface area contributed by atoms with Crippen molar-refractivity contribution < 1.29 is 4.79 Å². The molecule has 122 valence electrons. The van der Waals surface area contributed by atoms with Crippen molar-refractivity contribution in [2.24, 2.45) is 7.05 Å². The predicted molar refractivity (Wildman–Crippen MR) is 93.9 cm³/mol. The molecular weight excluding hydrogens is 308 g/mol. The van der Waals surface area contributed by atoms with Crippen LogP contribution in [0.25, 0.3) is 0 Å².